The number of rotatable bonds is 3. The molecule has 0 aliphatic heterocycles. The molecule has 0 amide bonds. The quantitative estimate of drug-likeness (QED) is 0.500. The highest BCUT2D eigenvalue weighted by molar-refractivity contribution is 5.68. The Bertz CT molecular complexity index is 732. The Morgan fingerprint density at radius 1 is 0.750 bits per heavy atom. The van der Waals surface area contributed by atoms with E-state index in [2.05, 4.69) is 13.8 Å². The number of aryl methyl sites for hydroxylation is 2. The number of phenolic OH excluding ortho intramolecular Hbond substituents is 2. The third kappa shape index (κ3) is 2.77. The maximum absolute atomic E-state index is 10.1. The lowest BCUT2D eigenvalue weighted by atomic mass is 9.77. The highest BCUT2D eigenvalue weighted by atomic mass is 16.3. The van der Waals surface area contributed by atoms with E-state index in [0.29, 0.717) is 17.3 Å². The smallest absolute Gasteiger partial charge is 0.141 e. The van der Waals surface area contributed by atoms with Gasteiger partial charge in [-0.2, -0.15) is 0 Å². The highest BCUT2D eigenvalue weighted by Crippen LogP contribution is 2.43. The van der Waals surface area contributed by atoms with Crippen LogP contribution in [0.25, 0.3) is 0 Å². The van der Waals surface area contributed by atoms with E-state index in [9.17, 15) is 10.2 Å². The molecule has 4 nitrogen and oxygen atoms in total. The third-order valence-electron chi connectivity index (χ3n) is 5.01. The molecule has 0 spiro atoms. The maximum atomic E-state index is 10.1. The summed E-state index contributed by atoms with van der Waals surface area (Å²) in [7, 11) is 0. The molecule has 2 aromatic carbocycles. The van der Waals surface area contributed by atoms with Crippen molar-refractivity contribution in [1.82, 2.24) is 0 Å². The first-order valence-corrected chi connectivity index (χ1v) is 8.24. The number of hydrogen-bond acceptors (Lipinski definition) is 4. The number of benzene rings is 2. The molecule has 2 aromatic rings. The molecule has 6 N–H and O–H groups in total. The maximum Gasteiger partial charge on any atom is 0.141 e. The normalized spacial score (nSPS) is 11.5. The fraction of sp³-hybridized carbons (Fsp3) is 0.400. The molecule has 0 fully saturated rings. The Hall–Kier alpha value is -2.36. The minimum atomic E-state index is 0.0770. The molecule has 0 saturated heterocycles. The van der Waals surface area contributed by atoms with Crippen molar-refractivity contribution in [3.63, 3.8) is 0 Å². The van der Waals surface area contributed by atoms with Crippen molar-refractivity contribution < 1.29 is 10.2 Å². The zero-order chi connectivity index (χ0) is 18.3. The topological polar surface area (TPSA) is 92.5 Å². The molecule has 0 aliphatic rings. The van der Waals surface area contributed by atoms with Gasteiger partial charge in [-0.25, -0.2) is 0 Å². The number of phenols is 2. The van der Waals surface area contributed by atoms with Crippen LogP contribution >= 0.6 is 0 Å². The number of aromatic hydroxyl groups is 2. The SMILES string of the molecule is Cc1cc(C(c2cc(C)c(O)c(N)c2C)C(C)C)c(C)c(N)c1O. The zero-order valence-corrected chi connectivity index (χ0v) is 15.4. The Morgan fingerprint density at radius 2 is 1.08 bits per heavy atom. The fourth-order valence-corrected chi connectivity index (χ4v) is 3.44. The van der Waals surface area contributed by atoms with Crippen LogP contribution in [-0.4, -0.2) is 10.2 Å². The molecule has 0 unspecified atom stereocenters. The fourth-order valence-electron chi connectivity index (χ4n) is 3.44. The lowest BCUT2D eigenvalue weighted by Crippen LogP contribution is -2.14. The first-order chi connectivity index (χ1) is 11.1. The summed E-state index contributed by atoms with van der Waals surface area (Å²) in [5, 5.41) is 20.2. The number of nitrogen functional groups attached to an aromatic ring is 2. The molecule has 0 atom stereocenters. The largest absolute Gasteiger partial charge is 0.506 e. The molecular weight excluding hydrogens is 300 g/mol. The molecule has 24 heavy (non-hydrogen) atoms. The minimum absolute atomic E-state index is 0.0770. The van der Waals surface area contributed by atoms with Crippen molar-refractivity contribution >= 4 is 11.4 Å². The second-order valence-corrected chi connectivity index (χ2v) is 7.06. The summed E-state index contributed by atoms with van der Waals surface area (Å²) in [5.74, 6) is 0.677. The van der Waals surface area contributed by atoms with Gasteiger partial charge in [0.25, 0.3) is 0 Å². The van der Waals surface area contributed by atoms with Crippen molar-refractivity contribution in [3.05, 3.63) is 45.5 Å². The van der Waals surface area contributed by atoms with Gasteiger partial charge >= 0.3 is 0 Å². The van der Waals surface area contributed by atoms with Crippen molar-refractivity contribution in [2.45, 2.75) is 47.5 Å². The zero-order valence-electron chi connectivity index (χ0n) is 15.4. The van der Waals surface area contributed by atoms with Gasteiger partial charge in [0.1, 0.15) is 11.5 Å². The summed E-state index contributed by atoms with van der Waals surface area (Å²) in [6, 6.07) is 4.01. The Labute approximate surface area is 144 Å². The van der Waals surface area contributed by atoms with Gasteiger partial charge < -0.3 is 21.7 Å². The Kier molecular flexibility index (Phi) is 4.70. The highest BCUT2D eigenvalue weighted by Gasteiger charge is 2.26. The lowest BCUT2D eigenvalue weighted by Gasteiger charge is -2.28. The molecule has 0 aliphatic carbocycles. The molecular formula is C20H28N2O2. The molecule has 4 heteroatoms. The van der Waals surface area contributed by atoms with E-state index < -0.39 is 0 Å². The molecule has 0 saturated carbocycles. The number of nitrogens with two attached hydrogens (primary N) is 2. The predicted molar refractivity (Wildman–Crippen MR) is 101 cm³/mol. The van der Waals surface area contributed by atoms with E-state index in [-0.39, 0.29) is 17.4 Å². The van der Waals surface area contributed by atoms with Gasteiger partial charge in [-0.15, -0.1) is 0 Å². The van der Waals surface area contributed by atoms with Gasteiger partial charge in [0, 0.05) is 5.92 Å². The Morgan fingerprint density at radius 3 is 1.38 bits per heavy atom. The van der Waals surface area contributed by atoms with Gasteiger partial charge in [0.05, 0.1) is 11.4 Å². The third-order valence-corrected chi connectivity index (χ3v) is 5.01. The van der Waals surface area contributed by atoms with Gasteiger partial charge in [-0.1, -0.05) is 26.0 Å². The van der Waals surface area contributed by atoms with Crippen LogP contribution in [-0.2, 0) is 0 Å². The van der Waals surface area contributed by atoms with Crippen LogP contribution in [0.3, 0.4) is 0 Å². The second-order valence-electron chi connectivity index (χ2n) is 7.06. The van der Waals surface area contributed by atoms with E-state index in [4.69, 9.17) is 11.5 Å². The van der Waals surface area contributed by atoms with Gasteiger partial charge in [-0.05, 0) is 67.0 Å². The number of hydrogen-bond donors (Lipinski definition) is 4. The van der Waals surface area contributed by atoms with E-state index in [1.54, 1.807) is 0 Å². The van der Waals surface area contributed by atoms with Crippen LogP contribution in [0.1, 0.15) is 53.1 Å². The van der Waals surface area contributed by atoms with Crippen LogP contribution < -0.4 is 11.5 Å². The summed E-state index contributed by atoms with van der Waals surface area (Å²) in [4.78, 5) is 0. The van der Waals surface area contributed by atoms with Crippen LogP contribution in [0, 0.1) is 33.6 Å². The van der Waals surface area contributed by atoms with Crippen molar-refractivity contribution in [2.24, 2.45) is 5.92 Å². The predicted octanol–water partition coefficient (Wildman–Crippen LogP) is 4.28. The molecule has 0 bridgehead atoms. The van der Waals surface area contributed by atoms with Gasteiger partial charge in [0.15, 0.2) is 0 Å². The second kappa shape index (κ2) is 6.27. The molecule has 0 radical (unpaired) electrons. The average Bonchev–Trinajstić information content (AvgIpc) is 2.52. The van der Waals surface area contributed by atoms with Crippen LogP contribution in [0.15, 0.2) is 12.1 Å². The summed E-state index contributed by atoms with van der Waals surface area (Å²) in [6.45, 7) is 11.9. The van der Waals surface area contributed by atoms with E-state index in [1.807, 2.05) is 39.8 Å². The monoisotopic (exact) mass is 328 g/mol. The van der Waals surface area contributed by atoms with Crippen molar-refractivity contribution in [1.29, 1.82) is 0 Å². The molecule has 0 heterocycles. The van der Waals surface area contributed by atoms with E-state index in [0.717, 1.165) is 33.4 Å². The Balaban J connectivity index is 2.79. The first kappa shape index (κ1) is 18.0. The van der Waals surface area contributed by atoms with E-state index in [1.165, 1.54) is 0 Å². The summed E-state index contributed by atoms with van der Waals surface area (Å²) >= 11 is 0. The van der Waals surface area contributed by atoms with Crippen LogP contribution in [0.5, 0.6) is 11.5 Å². The summed E-state index contributed by atoms with van der Waals surface area (Å²) in [6.07, 6.45) is 0. The van der Waals surface area contributed by atoms with Crippen molar-refractivity contribution in [2.75, 3.05) is 11.5 Å². The van der Waals surface area contributed by atoms with Gasteiger partial charge in [0.2, 0.25) is 0 Å². The molecule has 2 rings (SSSR count). The van der Waals surface area contributed by atoms with Crippen LogP contribution in [0.2, 0.25) is 0 Å². The molecule has 0 aromatic heterocycles. The summed E-state index contributed by atoms with van der Waals surface area (Å²) in [5.41, 5.74) is 18.6. The van der Waals surface area contributed by atoms with E-state index >= 15 is 0 Å². The van der Waals surface area contributed by atoms with Crippen LogP contribution in [0.4, 0.5) is 11.4 Å². The molecule has 130 valence electrons. The van der Waals surface area contributed by atoms with Gasteiger partial charge in [-0.3, -0.25) is 0 Å². The summed E-state index contributed by atoms with van der Waals surface area (Å²) < 4.78 is 0. The number of anilines is 2. The first-order valence-electron chi connectivity index (χ1n) is 8.24. The standard InChI is InChI=1S/C20H28N2O2/c1-9(2)16(14-7-10(3)19(23)17(21)12(14)5)15-8-11(4)20(24)18(22)13(15)6/h7-9,16,23-24H,21-22H2,1-6H3. The van der Waals surface area contributed by atoms with Crippen molar-refractivity contribution in [3.8, 4) is 11.5 Å². The average molecular weight is 328 g/mol. The lowest BCUT2D eigenvalue weighted by molar-refractivity contribution is 0.471. The minimum Gasteiger partial charge on any atom is -0.506 e.